The predicted molar refractivity (Wildman–Crippen MR) is 75.7 cm³/mol. The third-order valence-corrected chi connectivity index (χ3v) is 3.89. The van der Waals surface area contributed by atoms with Crippen LogP contribution < -0.4 is 5.32 Å². The van der Waals surface area contributed by atoms with E-state index in [1.807, 2.05) is 19.1 Å². The van der Waals surface area contributed by atoms with E-state index < -0.39 is 0 Å². The second-order valence-corrected chi connectivity index (χ2v) is 5.43. The molecule has 19 heavy (non-hydrogen) atoms. The summed E-state index contributed by atoms with van der Waals surface area (Å²) in [5, 5.41) is 3.43. The van der Waals surface area contributed by atoms with Gasteiger partial charge >= 0.3 is 0 Å². The highest BCUT2D eigenvalue weighted by atomic mass is 19.1. The molecular formula is C16H24FNO. The van der Waals surface area contributed by atoms with Gasteiger partial charge < -0.3 is 10.1 Å². The Morgan fingerprint density at radius 3 is 2.74 bits per heavy atom. The Kier molecular flexibility index (Phi) is 5.34. The van der Waals surface area contributed by atoms with Gasteiger partial charge in [0.25, 0.3) is 0 Å². The largest absolute Gasteiger partial charge is 0.381 e. The van der Waals surface area contributed by atoms with Crippen LogP contribution in [0.15, 0.2) is 18.2 Å². The summed E-state index contributed by atoms with van der Waals surface area (Å²) in [4.78, 5) is 0. The first kappa shape index (κ1) is 14.5. The van der Waals surface area contributed by atoms with Crippen molar-refractivity contribution in [3.63, 3.8) is 0 Å². The fourth-order valence-corrected chi connectivity index (χ4v) is 2.80. The molecule has 1 atom stereocenters. The Morgan fingerprint density at radius 2 is 2.11 bits per heavy atom. The lowest BCUT2D eigenvalue weighted by molar-refractivity contribution is 0.0604. The van der Waals surface area contributed by atoms with Crippen molar-refractivity contribution >= 4 is 0 Å². The Morgan fingerprint density at radius 1 is 1.37 bits per heavy atom. The van der Waals surface area contributed by atoms with Crippen LogP contribution in [0.3, 0.4) is 0 Å². The van der Waals surface area contributed by atoms with Crippen molar-refractivity contribution in [1.82, 2.24) is 5.32 Å². The van der Waals surface area contributed by atoms with Crippen molar-refractivity contribution < 1.29 is 9.13 Å². The summed E-state index contributed by atoms with van der Waals surface area (Å²) in [6, 6.07) is 5.67. The Balaban J connectivity index is 2.09. The van der Waals surface area contributed by atoms with Gasteiger partial charge in [-0.2, -0.15) is 0 Å². The molecule has 0 aromatic heterocycles. The molecule has 1 aliphatic heterocycles. The summed E-state index contributed by atoms with van der Waals surface area (Å²) in [7, 11) is 0. The monoisotopic (exact) mass is 265 g/mol. The molecule has 2 rings (SSSR count). The number of hydrogen-bond acceptors (Lipinski definition) is 2. The molecule has 0 radical (unpaired) electrons. The number of halogens is 1. The van der Waals surface area contributed by atoms with Gasteiger partial charge in [-0.1, -0.05) is 19.1 Å². The van der Waals surface area contributed by atoms with E-state index in [1.54, 1.807) is 6.07 Å². The molecule has 0 saturated carbocycles. The van der Waals surface area contributed by atoms with Gasteiger partial charge in [-0.25, -0.2) is 4.39 Å². The molecule has 1 N–H and O–H groups in total. The second-order valence-electron chi connectivity index (χ2n) is 5.43. The standard InChI is InChI=1S/C16H24FNO/c1-3-18-16(11-13-6-8-19-9-7-13)14-5-4-12(2)10-15(14)17/h4-5,10,13,16,18H,3,6-9,11H2,1-2H3. The van der Waals surface area contributed by atoms with Crippen LogP contribution in [-0.2, 0) is 4.74 Å². The maximum Gasteiger partial charge on any atom is 0.128 e. The highest BCUT2D eigenvalue weighted by Gasteiger charge is 2.21. The number of hydrogen-bond donors (Lipinski definition) is 1. The van der Waals surface area contributed by atoms with Gasteiger partial charge in [0.05, 0.1) is 0 Å². The van der Waals surface area contributed by atoms with E-state index in [2.05, 4.69) is 12.2 Å². The van der Waals surface area contributed by atoms with E-state index in [-0.39, 0.29) is 11.9 Å². The van der Waals surface area contributed by atoms with Gasteiger partial charge in [-0.05, 0) is 50.3 Å². The molecule has 106 valence electrons. The zero-order valence-corrected chi connectivity index (χ0v) is 11.9. The first-order chi connectivity index (χ1) is 9.20. The molecule has 1 saturated heterocycles. The highest BCUT2D eigenvalue weighted by Crippen LogP contribution is 2.29. The predicted octanol–water partition coefficient (Wildman–Crippen LogP) is 3.60. The van der Waals surface area contributed by atoms with Crippen molar-refractivity contribution in [2.24, 2.45) is 5.92 Å². The number of ether oxygens (including phenoxy) is 1. The normalized spacial score (nSPS) is 18.5. The quantitative estimate of drug-likeness (QED) is 0.878. The van der Waals surface area contributed by atoms with Crippen LogP contribution in [0.1, 0.15) is 43.4 Å². The van der Waals surface area contributed by atoms with Crippen LogP contribution in [0.2, 0.25) is 0 Å². The molecule has 3 heteroatoms. The molecule has 1 aromatic rings. The zero-order chi connectivity index (χ0) is 13.7. The van der Waals surface area contributed by atoms with Gasteiger partial charge in [0.15, 0.2) is 0 Å². The van der Waals surface area contributed by atoms with Crippen LogP contribution in [0, 0.1) is 18.7 Å². The number of benzene rings is 1. The smallest absolute Gasteiger partial charge is 0.128 e. The van der Waals surface area contributed by atoms with Gasteiger partial charge in [0, 0.05) is 24.8 Å². The fourth-order valence-electron chi connectivity index (χ4n) is 2.80. The van der Waals surface area contributed by atoms with E-state index in [9.17, 15) is 4.39 Å². The number of rotatable bonds is 5. The van der Waals surface area contributed by atoms with Gasteiger partial charge in [0.1, 0.15) is 5.82 Å². The van der Waals surface area contributed by atoms with Crippen molar-refractivity contribution in [2.45, 2.75) is 39.2 Å². The molecule has 1 heterocycles. The minimum atomic E-state index is -0.0852. The summed E-state index contributed by atoms with van der Waals surface area (Å²) >= 11 is 0. The molecule has 1 unspecified atom stereocenters. The molecule has 0 bridgehead atoms. The summed E-state index contributed by atoms with van der Waals surface area (Å²) in [6.07, 6.45) is 3.18. The zero-order valence-electron chi connectivity index (χ0n) is 11.9. The topological polar surface area (TPSA) is 21.3 Å². The van der Waals surface area contributed by atoms with E-state index in [0.29, 0.717) is 5.92 Å². The third kappa shape index (κ3) is 4.02. The molecule has 0 spiro atoms. The highest BCUT2D eigenvalue weighted by molar-refractivity contribution is 5.26. The van der Waals surface area contributed by atoms with Crippen molar-refractivity contribution in [2.75, 3.05) is 19.8 Å². The average molecular weight is 265 g/mol. The van der Waals surface area contributed by atoms with Gasteiger partial charge in [-0.15, -0.1) is 0 Å². The minimum Gasteiger partial charge on any atom is -0.381 e. The second kappa shape index (κ2) is 7.01. The summed E-state index contributed by atoms with van der Waals surface area (Å²) in [5.41, 5.74) is 1.78. The van der Waals surface area contributed by atoms with Crippen LogP contribution in [0.4, 0.5) is 4.39 Å². The Labute approximate surface area is 115 Å². The lowest BCUT2D eigenvalue weighted by Gasteiger charge is -2.27. The Hall–Kier alpha value is -0.930. The summed E-state index contributed by atoms with van der Waals surface area (Å²) in [5.74, 6) is 0.552. The van der Waals surface area contributed by atoms with Crippen molar-refractivity contribution in [1.29, 1.82) is 0 Å². The fraction of sp³-hybridized carbons (Fsp3) is 0.625. The average Bonchev–Trinajstić information content (AvgIpc) is 2.39. The minimum absolute atomic E-state index is 0.0852. The van der Waals surface area contributed by atoms with Gasteiger partial charge in [0.2, 0.25) is 0 Å². The Bertz CT molecular complexity index is 402. The van der Waals surface area contributed by atoms with Crippen molar-refractivity contribution in [3.8, 4) is 0 Å². The molecular weight excluding hydrogens is 241 g/mol. The van der Waals surface area contributed by atoms with Crippen LogP contribution in [0.25, 0.3) is 0 Å². The molecule has 1 fully saturated rings. The molecule has 2 nitrogen and oxygen atoms in total. The molecule has 1 aromatic carbocycles. The summed E-state index contributed by atoms with van der Waals surface area (Å²) < 4.78 is 19.5. The first-order valence-corrected chi connectivity index (χ1v) is 7.28. The maximum atomic E-state index is 14.1. The SMILES string of the molecule is CCNC(CC1CCOCC1)c1ccc(C)cc1F. The molecule has 1 aliphatic rings. The van der Waals surface area contributed by atoms with Crippen molar-refractivity contribution in [3.05, 3.63) is 35.1 Å². The maximum absolute atomic E-state index is 14.1. The van der Waals surface area contributed by atoms with E-state index in [1.165, 1.54) is 0 Å². The van der Waals surface area contributed by atoms with E-state index >= 15 is 0 Å². The third-order valence-electron chi connectivity index (χ3n) is 3.89. The van der Waals surface area contributed by atoms with Crippen LogP contribution in [0.5, 0.6) is 0 Å². The lowest BCUT2D eigenvalue weighted by Crippen LogP contribution is -2.27. The van der Waals surface area contributed by atoms with E-state index in [0.717, 1.165) is 50.1 Å². The molecule has 0 aliphatic carbocycles. The lowest BCUT2D eigenvalue weighted by atomic mass is 9.89. The van der Waals surface area contributed by atoms with E-state index in [4.69, 9.17) is 4.74 Å². The molecule has 0 amide bonds. The first-order valence-electron chi connectivity index (χ1n) is 7.28. The number of nitrogens with one attached hydrogen (secondary N) is 1. The summed E-state index contributed by atoms with van der Waals surface area (Å²) in [6.45, 7) is 6.55. The van der Waals surface area contributed by atoms with Gasteiger partial charge in [-0.3, -0.25) is 0 Å². The number of aryl methyl sites for hydroxylation is 1. The van der Waals surface area contributed by atoms with Crippen LogP contribution in [-0.4, -0.2) is 19.8 Å². The van der Waals surface area contributed by atoms with Crippen LogP contribution >= 0.6 is 0 Å².